The number of fused-ring (bicyclic) bond motifs is 1. The van der Waals surface area contributed by atoms with Crippen LogP contribution in [0.3, 0.4) is 0 Å². The summed E-state index contributed by atoms with van der Waals surface area (Å²) in [4.78, 5) is 38.3. The molecule has 1 saturated heterocycles. The molecule has 1 aromatic carbocycles. The van der Waals surface area contributed by atoms with Crippen molar-refractivity contribution in [3.8, 4) is 0 Å². The second kappa shape index (κ2) is 7.84. The van der Waals surface area contributed by atoms with Gasteiger partial charge in [-0.15, -0.1) is 0 Å². The summed E-state index contributed by atoms with van der Waals surface area (Å²) in [7, 11) is 0. The van der Waals surface area contributed by atoms with Crippen molar-refractivity contribution < 1.29 is 28.6 Å². The van der Waals surface area contributed by atoms with E-state index in [0.717, 1.165) is 37.8 Å². The van der Waals surface area contributed by atoms with Crippen molar-refractivity contribution in [1.29, 1.82) is 0 Å². The molecule has 7 heteroatoms. The van der Waals surface area contributed by atoms with E-state index in [1.165, 1.54) is 0 Å². The molecule has 3 saturated carbocycles. The van der Waals surface area contributed by atoms with Crippen LogP contribution in [-0.2, 0) is 28.6 Å². The van der Waals surface area contributed by atoms with Crippen molar-refractivity contribution in [3.05, 3.63) is 30.3 Å². The predicted octanol–water partition coefficient (Wildman–Crippen LogP) is 3.08. The fraction of sp³-hybridized carbons (Fsp3) is 0.625. The number of anilines is 1. The molecule has 0 aromatic heterocycles. The number of hydrogen-bond acceptors (Lipinski definition) is 7. The quantitative estimate of drug-likeness (QED) is 0.528. The van der Waals surface area contributed by atoms with E-state index >= 15 is 0 Å². The van der Waals surface area contributed by atoms with Gasteiger partial charge in [-0.1, -0.05) is 25.1 Å². The zero-order valence-electron chi connectivity index (χ0n) is 17.8. The van der Waals surface area contributed by atoms with Crippen LogP contribution in [0.1, 0.15) is 45.4 Å². The minimum atomic E-state index is -0.587. The highest BCUT2D eigenvalue weighted by atomic mass is 16.6. The third-order valence-electron chi connectivity index (χ3n) is 7.77. The molecule has 2 bridgehead atoms. The summed E-state index contributed by atoms with van der Waals surface area (Å²) in [6.07, 6.45) is 4.26. The van der Waals surface area contributed by atoms with E-state index < -0.39 is 35.6 Å². The summed E-state index contributed by atoms with van der Waals surface area (Å²) < 4.78 is 17.4. The number of carbonyl (C=O) groups excluding carboxylic acids is 3. The average Bonchev–Trinajstić information content (AvgIpc) is 3.51. The second-order valence-corrected chi connectivity index (χ2v) is 9.36. The van der Waals surface area contributed by atoms with Gasteiger partial charge in [0.1, 0.15) is 24.4 Å². The Bertz CT molecular complexity index is 864. The van der Waals surface area contributed by atoms with Gasteiger partial charge >= 0.3 is 17.9 Å². The monoisotopic (exact) mass is 427 g/mol. The van der Waals surface area contributed by atoms with E-state index in [2.05, 4.69) is 5.32 Å². The summed E-state index contributed by atoms with van der Waals surface area (Å²) in [6, 6.07) is 9.40. The SMILES string of the molecule is CCC1(OC(=O)C2C3CC4C(OC(=O)C42)C3OC(=O)CNc2ccccc2)CCCC1. The number of benzene rings is 1. The van der Waals surface area contributed by atoms with Crippen LogP contribution in [0.25, 0.3) is 0 Å². The van der Waals surface area contributed by atoms with Gasteiger partial charge in [-0.05, 0) is 50.7 Å². The highest BCUT2D eigenvalue weighted by Gasteiger charge is 2.70. The van der Waals surface area contributed by atoms with E-state index in [9.17, 15) is 14.4 Å². The minimum absolute atomic E-state index is 0.00997. The van der Waals surface area contributed by atoms with Crippen LogP contribution in [0.15, 0.2) is 30.3 Å². The largest absolute Gasteiger partial charge is 0.459 e. The van der Waals surface area contributed by atoms with Crippen LogP contribution in [0.4, 0.5) is 5.69 Å². The molecule has 1 N–H and O–H groups in total. The Labute approximate surface area is 181 Å². The zero-order chi connectivity index (χ0) is 21.6. The lowest BCUT2D eigenvalue weighted by atomic mass is 9.78. The molecule has 31 heavy (non-hydrogen) atoms. The first-order valence-corrected chi connectivity index (χ1v) is 11.4. The summed E-state index contributed by atoms with van der Waals surface area (Å²) >= 11 is 0. The van der Waals surface area contributed by atoms with Gasteiger partial charge in [-0.3, -0.25) is 14.4 Å². The van der Waals surface area contributed by atoms with Gasteiger partial charge in [0.25, 0.3) is 0 Å². The lowest BCUT2D eigenvalue weighted by molar-refractivity contribution is -0.174. The summed E-state index contributed by atoms with van der Waals surface area (Å²) in [5.41, 5.74) is 0.412. The Hall–Kier alpha value is -2.57. The first-order chi connectivity index (χ1) is 15.0. The van der Waals surface area contributed by atoms with Gasteiger partial charge in [-0.25, -0.2) is 0 Å². The van der Waals surface area contributed by atoms with Crippen molar-refractivity contribution in [2.24, 2.45) is 23.7 Å². The number of carbonyl (C=O) groups is 3. The number of para-hydroxylation sites is 1. The molecule has 1 aliphatic heterocycles. The normalized spacial score (nSPS) is 34.4. The molecule has 1 aromatic rings. The van der Waals surface area contributed by atoms with Gasteiger partial charge in [-0.2, -0.15) is 0 Å². The molecule has 0 amide bonds. The topological polar surface area (TPSA) is 90.9 Å². The fourth-order valence-electron chi connectivity index (χ4n) is 6.22. The first kappa shape index (κ1) is 20.3. The molecule has 6 unspecified atom stereocenters. The fourth-order valence-corrected chi connectivity index (χ4v) is 6.22. The molecule has 1 heterocycles. The van der Waals surface area contributed by atoms with Crippen LogP contribution in [0.2, 0.25) is 0 Å². The Morgan fingerprint density at radius 3 is 2.61 bits per heavy atom. The summed E-state index contributed by atoms with van der Waals surface area (Å²) in [5.74, 6) is -2.44. The first-order valence-electron chi connectivity index (χ1n) is 11.4. The van der Waals surface area contributed by atoms with Gasteiger partial charge in [0.15, 0.2) is 0 Å². The van der Waals surface area contributed by atoms with Crippen LogP contribution in [0, 0.1) is 23.7 Å². The van der Waals surface area contributed by atoms with Gasteiger partial charge in [0, 0.05) is 17.5 Å². The van der Waals surface area contributed by atoms with E-state index in [4.69, 9.17) is 14.2 Å². The number of ether oxygens (including phenoxy) is 3. The molecule has 4 aliphatic rings. The van der Waals surface area contributed by atoms with Gasteiger partial charge in [0.05, 0.1) is 11.8 Å². The molecule has 6 atom stereocenters. The highest BCUT2D eigenvalue weighted by molar-refractivity contribution is 5.86. The molecular weight excluding hydrogens is 398 g/mol. The zero-order valence-corrected chi connectivity index (χ0v) is 17.8. The molecular formula is C24H29NO6. The minimum Gasteiger partial charge on any atom is -0.459 e. The van der Waals surface area contributed by atoms with Crippen molar-refractivity contribution in [1.82, 2.24) is 0 Å². The van der Waals surface area contributed by atoms with Crippen LogP contribution in [-0.4, -0.2) is 42.3 Å². The van der Waals surface area contributed by atoms with Crippen LogP contribution >= 0.6 is 0 Å². The molecule has 5 rings (SSSR count). The van der Waals surface area contributed by atoms with Gasteiger partial charge < -0.3 is 19.5 Å². The van der Waals surface area contributed by atoms with E-state index in [1.807, 2.05) is 37.3 Å². The number of rotatable bonds is 7. The maximum atomic E-state index is 13.2. The summed E-state index contributed by atoms with van der Waals surface area (Å²) in [5, 5.41) is 3.04. The third kappa shape index (κ3) is 3.48. The Morgan fingerprint density at radius 1 is 1.16 bits per heavy atom. The van der Waals surface area contributed by atoms with Crippen LogP contribution in [0.5, 0.6) is 0 Å². The van der Waals surface area contributed by atoms with Crippen molar-refractivity contribution in [2.45, 2.75) is 63.3 Å². The average molecular weight is 427 g/mol. The number of esters is 3. The van der Waals surface area contributed by atoms with Crippen LogP contribution < -0.4 is 5.32 Å². The Kier molecular flexibility index (Phi) is 5.15. The number of nitrogens with one attached hydrogen (secondary N) is 1. The molecule has 4 fully saturated rings. The molecule has 166 valence electrons. The molecule has 0 radical (unpaired) electrons. The second-order valence-electron chi connectivity index (χ2n) is 9.36. The van der Waals surface area contributed by atoms with E-state index in [-0.39, 0.29) is 30.3 Å². The standard InChI is InChI=1S/C24H29NO6/c1-2-24(10-6-7-11-24)31-23(28)19-16-12-15-18(19)22(27)30-21(15)20(16)29-17(26)13-25-14-8-4-3-5-9-14/h3-5,8-9,15-16,18-21,25H,2,6-7,10-13H2,1H3. The highest BCUT2D eigenvalue weighted by Crippen LogP contribution is 2.59. The molecule has 0 spiro atoms. The lowest BCUT2D eigenvalue weighted by Gasteiger charge is -2.34. The van der Waals surface area contributed by atoms with Crippen molar-refractivity contribution in [2.75, 3.05) is 11.9 Å². The lowest BCUT2D eigenvalue weighted by Crippen LogP contribution is -2.46. The smallest absolute Gasteiger partial charge is 0.325 e. The van der Waals surface area contributed by atoms with Crippen molar-refractivity contribution in [3.63, 3.8) is 0 Å². The Balaban J connectivity index is 1.27. The molecule has 7 nitrogen and oxygen atoms in total. The summed E-state index contributed by atoms with van der Waals surface area (Å²) in [6.45, 7) is 2.06. The predicted molar refractivity (Wildman–Crippen MR) is 111 cm³/mol. The van der Waals surface area contributed by atoms with E-state index in [0.29, 0.717) is 6.42 Å². The maximum Gasteiger partial charge on any atom is 0.325 e. The third-order valence-corrected chi connectivity index (χ3v) is 7.77. The maximum absolute atomic E-state index is 13.2. The number of hydrogen-bond donors (Lipinski definition) is 1. The van der Waals surface area contributed by atoms with E-state index in [1.54, 1.807) is 0 Å². The molecule has 3 aliphatic carbocycles. The Morgan fingerprint density at radius 2 is 1.90 bits per heavy atom. The van der Waals surface area contributed by atoms with Gasteiger partial charge in [0.2, 0.25) is 0 Å². The van der Waals surface area contributed by atoms with Crippen molar-refractivity contribution >= 4 is 23.6 Å².